The lowest BCUT2D eigenvalue weighted by atomic mass is 9.90. The maximum atomic E-state index is 12.6. The summed E-state index contributed by atoms with van der Waals surface area (Å²) >= 11 is 0. The molecule has 2 heterocycles. The Balaban J connectivity index is 1.60. The van der Waals surface area contributed by atoms with Crippen molar-refractivity contribution in [1.82, 2.24) is 30.6 Å². The number of carbonyl (C=O) groups is 2. The monoisotopic (exact) mass is 372 g/mol. The molecule has 4 N–H and O–H groups in total. The van der Waals surface area contributed by atoms with E-state index in [1.165, 1.54) is 0 Å². The lowest BCUT2D eigenvalue weighted by molar-refractivity contribution is 0.0897. The van der Waals surface area contributed by atoms with Crippen molar-refractivity contribution in [3.05, 3.63) is 34.4 Å². The third kappa shape index (κ3) is 4.37. The smallest absolute Gasteiger partial charge is 0.271 e. The van der Waals surface area contributed by atoms with Gasteiger partial charge in [-0.3, -0.25) is 9.59 Å². The lowest BCUT2D eigenvalue weighted by Crippen LogP contribution is -2.46. The molecule has 2 unspecified atom stereocenters. The second-order valence-corrected chi connectivity index (χ2v) is 7.31. The van der Waals surface area contributed by atoms with Gasteiger partial charge in [0.2, 0.25) is 0 Å². The number of aromatic amines is 2. The van der Waals surface area contributed by atoms with Crippen LogP contribution in [0.1, 0.15) is 76.6 Å². The Bertz CT molecular complexity index is 837. The highest BCUT2D eigenvalue weighted by Crippen LogP contribution is 2.20. The molecule has 1 aliphatic carbocycles. The number of nitrogens with one attached hydrogen (secondary N) is 4. The zero-order valence-corrected chi connectivity index (χ0v) is 16.4. The number of rotatable bonds is 5. The van der Waals surface area contributed by atoms with E-state index in [1.807, 2.05) is 27.7 Å². The summed E-state index contributed by atoms with van der Waals surface area (Å²) in [5, 5.41) is 6.15. The number of imidazole rings is 2. The predicted octanol–water partition coefficient (Wildman–Crippen LogP) is 2.09. The summed E-state index contributed by atoms with van der Waals surface area (Å²) in [4.78, 5) is 39.9. The Morgan fingerprint density at radius 2 is 1.52 bits per heavy atom. The molecule has 1 saturated carbocycles. The second kappa shape index (κ2) is 7.94. The van der Waals surface area contributed by atoms with E-state index in [2.05, 4.69) is 30.6 Å². The van der Waals surface area contributed by atoms with Crippen molar-refractivity contribution in [2.45, 2.75) is 71.9 Å². The molecule has 2 aromatic rings. The van der Waals surface area contributed by atoms with Crippen molar-refractivity contribution in [1.29, 1.82) is 0 Å². The fourth-order valence-electron chi connectivity index (χ4n) is 3.77. The Kier molecular flexibility index (Phi) is 5.62. The minimum atomic E-state index is -0.162. The highest BCUT2D eigenvalue weighted by molar-refractivity contribution is 5.94. The Morgan fingerprint density at radius 1 is 0.963 bits per heavy atom. The predicted molar refractivity (Wildman–Crippen MR) is 102 cm³/mol. The molecule has 0 bridgehead atoms. The number of carbonyl (C=O) groups excluding carboxylic acids is 2. The average molecular weight is 372 g/mol. The first-order valence-electron chi connectivity index (χ1n) is 9.57. The standard InChI is InChI=1S/C19H28N6O2/c1-5-15-17(23-12(4)21-15)19(27)25-14-8-6-7-13(9-14)24-18(26)16-10(2)20-11(3)22-16/h13-14H,5-9H2,1-4H3,(H,20,22)(H,21,23)(H,24,26)(H,25,27). The molecule has 0 aromatic carbocycles. The van der Waals surface area contributed by atoms with Crippen LogP contribution in [-0.2, 0) is 6.42 Å². The van der Waals surface area contributed by atoms with E-state index in [9.17, 15) is 9.59 Å². The van der Waals surface area contributed by atoms with Crippen molar-refractivity contribution in [2.24, 2.45) is 0 Å². The van der Waals surface area contributed by atoms with Crippen molar-refractivity contribution in [2.75, 3.05) is 0 Å². The zero-order chi connectivity index (χ0) is 19.6. The Hall–Kier alpha value is -2.64. The van der Waals surface area contributed by atoms with Gasteiger partial charge >= 0.3 is 0 Å². The van der Waals surface area contributed by atoms with Crippen molar-refractivity contribution >= 4 is 11.8 Å². The van der Waals surface area contributed by atoms with Crippen LogP contribution in [0, 0.1) is 20.8 Å². The van der Waals surface area contributed by atoms with Gasteiger partial charge in [-0.05, 0) is 52.9 Å². The number of hydrogen-bond acceptors (Lipinski definition) is 4. The van der Waals surface area contributed by atoms with Crippen LogP contribution in [0.5, 0.6) is 0 Å². The van der Waals surface area contributed by atoms with Gasteiger partial charge in [0.1, 0.15) is 23.0 Å². The van der Waals surface area contributed by atoms with Crippen LogP contribution in [0.4, 0.5) is 0 Å². The minimum Gasteiger partial charge on any atom is -0.348 e. The summed E-state index contributed by atoms with van der Waals surface area (Å²) in [6.07, 6.45) is 4.21. The number of hydrogen-bond donors (Lipinski definition) is 4. The van der Waals surface area contributed by atoms with Gasteiger partial charge < -0.3 is 20.6 Å². The second-order valence-electron chi connectivity index (χ2n) is 7.31. The van der Waals surface area contributed by atoms with E-state index in [-0.39, 0.29) is 23.9 Å². The minimum absolute atomic E-state index is 0.0273. The third-order valence-corrected chi connectivity index (χ3v) is 5.03. The van der Waals surface area contributed by atoms with Gasteiger partial charge in [0.05, 0.1) is 0 Å². The van der Waals surface area contributed by atoms with Gasteiger partial charge in [-0.25, -0.2) is 9.97 Å². The molecule has 2 atom stereocenters. The molecule has 2 aromatic heterocycles. The topological polar surface area (TPSA) is 116 Å². The van der Waals surface area contributed by atoms with Crippen LogP contribution in [0.3, 0.4) is 0 Å². The van der Waals surface area contributed by atoms with E-state index in [0.717, 1.165) is 48.7 Å². The van der Waals surface area contributed by atoms with E-state index >= 15 is 0 Å². The van der Waals surface area contributed by atoms with Crippen LogP contribution < -0.4 is 10.6 Å². The highest BCUT2D eigenvalue weighted by atomic mass is 16.2. The van der Waals surface area contributed by atoms with E-state index in [1.54, 1.807) is 0 Å². The van der Waals surface area contributed by atoms with Gasteiger partial charge in [0.25, 0.3) is 11.8 Å². The van der Waals surface area contributed by atoms with E-state index in [4.69, 9.17) is 0 Å². The number of aromatic nitrogens is 4. The van der Waals surface area contributed by atoms with Gasteiger partial charge in [0, 0.05) is 23.5 Å². The molecule has 0 radical (unpaired) electrons. The summed E-state index contributed by atoms with van der Waals surface area (Å²) in [6, 6.07) is 0.0554. The maximum absolute atomic E-state index is 12.6. The maximum Gasteiger partial charge on any atom is 0.271 e. The van der Waals surface area contributed by atoms with Gasteiger partial charge in [-0.2, -0.15) is 0 Å². The molecule has 0 aliphatic heterocycles. The summed E-state index contributed by atoms with van der Waals surface area (Å²) in [6.45, 7) is 7.52. The van der Waals surface area contributed by atoms with Crippen LogP contribution >= 0.6 is 0 Å². The normalized spacial score (nSPS) is 19.7. The van der Waals surface area contributed by atoms with Crippen molar-refractivity contribution < 1.29 is 9.59 Å². The van der Waals surface area contributed by atoms with Gasteiger partial charge in [0.15, 0.2) is 0 Å². The van der Waals surface area contributed by atoms with E-state index in [0.29, 0.717) is 17.8 Å². The summed E-state index contributed by atoms with van der Waals surface area (Å²) in [5.74, 6) is 1.17. The molecule has 8 heteroatoms. The zero-order valence-electron chi connectivity index (χ0n) is 16.4. The fraction of sp³-hybridized carbons (Fsp3) is 0.579. The third-order valence-electron chi connectivity index (χ3n) is 5.03. The number of nitrogens with zero attached hydrogens (tertiary/aromatic N) is 2. The molecule has 2 amide bonds. The van der Waals surface area contributed by atoms with Crippen LogP contribution in [0.25, 0.3) is 0 Å². The largest absolute Gasteiger partial charge is 0.348 e. The molecular weight excluding hydrogens is 344 g/mol. The quantitative estimate of drug-likeness (QED) is 0.643. The van der Waals surface area contributed by atoms with E-state index < -0.39 is 0 Å². The fourth-order valence-corrected chi connectivity index (χ4v) is 3.77. The molecular formula is C19H28N6O2. The molecule has 0 saturated heterocycles. The first kappa shape index (κ1) is 19.1. The highest BCUT2D eigenvalue weighted by Gasteiger charge is 2.27. The number of amides is 2. The van der Waals surface area contributed by atoms with Crippen LogP contribution in [0.15, 0.2) is 0 Å². The molecule has 146 valence electrons. The lowest BCUT2D eigenvalue weighted by Gasteiger charge is -2.30. The Labute approximate surface area is 159 Å². The van der Waals surface area contributed by atoms with Gasteiger partial charge in [-0.1, -0.05) is 6.92 Å². The molecule has 0 spiro atoms. The Morgan fingerprint density at radius 3 is 2.07 bits per heavy atom. The number of H-pyrrole nitrogens is 2. The first-order valence-corrected chi connectivity index (χ1v) is 9.57. The molecule has 3 rings (SSSR count). The molecule has 27 heavy (non-hydrogen) atoms. The molecule has 1 fully saturated rings. The summed E-state index contributed by atoms with van der Waals surface area (Å²) in [7, 11) is 0. The molecule has 1 aliphatic rings. The number of aryl methyl sites for hydroxylation is 4. The SMILES string of the molecule is CCc1[nH]c(C)nc1C(=O)NC1CCCC(NC(=O)c2nc(C)[nH]c2C)C1. The van der Waals surface area contributed by atoms with Gasteiger partial charge in [-0.15, -0.1) is 0 Å². The first-order chi connectivity index (χ1) is 12.9. The van der Waals surface area contributed by atoms with Crippen LogP contribution in [-0.4, -0.2) is 43.8 Å². The molecule has 8 nitrogen and oxygen atoms in total. The van der Waals surface area contributed by atoms with Crippen molar-refractivity contribution in [3.8, 4) is 0 Å². The van der Waals surface area contributed by atoms with Crippen LogP contribution in [0.2, 0.25) is 0 Å². The van der Waals surface area contributed by atoms with Crippen molar-refractivity contribution in [3.63, 3.8) is 0 Å². The summed E-state index contributed by atoms with van der Waals surface area (Å²) < 4.78 is 0. The average Bonchev–Trinajstić information content (AvgIpc) is 3.16. The summed E-state index contributed by atoms with van der Waals surface area (Å²) in [5.41, 5.74) is 2.55.